The Kier molecular flexibility index (Phi) is 43.9. The van der Waals surface area contributed by atoms with Gasteiger partial charge in [-0.25, -0.2) is 0 Å². The van der Waals surface area contributed by atoms with Crippen molar-refractivity contribution in [2.24, 2.45) is 0 Å². The van der Waals surface area contributed by atoms with E-state index in [0.717, 1.165) is 0 Å². The quantitative estimate of drug-likeness (QED) is 0.182. The van der Waals surface area contributed by atoms with Crippen LogP contribution in [0.25, 0.3) is 0 Å². The van der Waals surface area contributed by atoms with E-state index in [4.69, 9.17) is 60.3 Å². The molecule has 0 aromatic heterocycles. The van der Waals surface area contributed by atoms with Crippen molar-refractivity contribution in [1.82, 2.24) is 0 Å². The highest BCUT2D eigenvalue weighted by atomic mass is 16.5. The van der Waals surface area contributed by atoms with E-state index >= 15 is 0 Å². The molecular weight excluding hydrogens is 251 g/mol. The molecule has 0 saturated carbocycles. The molecule has 0 amide bonds. The summed E-state index contributed by atoms with van der Waals surface area (Å²) in [5, 5.41) is 86.0. The van der Waals surface area contributed by atoms with E-state index in [9.17, 15) is 0 Å². The molecule has 0 bridgehead atoms. The van der Waals surface area contributed by atoms with Crippen LogP contribution in [0.15, 0.2) is 0 Å². The van der Waals surface area contributed by atoms with Gasteiger partial charge in [-0.3, -0.25) is 0 Å². The molecule has 13 nitrogen and oxygen atoms in total. The minimum Gasteiger partial charge on any atom is -0.412 e. The SMILES string of the molecule is O.OB(O)O.OB(O)O.OB(O)O.OB(O)O. The van der Waals surface area contributed by atoms with Crippen molar-refractivity contribution in [3.8, 4) is 0 Å². The van der Waals surface area contributed by atoms with E-state index in [1.165, 1.54) is 0 Å². The minimum atomic E-state index is -2.17. The summed E-state index contributed by atoms with van der Waals surface area (Å²) >= 11 is 0. The second-order valence-corrected chi connectivity index (χ2v) is 1.39. The van der Waals surface area contributed by atoms with E-state index < -0.39 is 29.3 Å². The third-order valence-corrected chi connectivity index (χ3v) is 0. The lowest BCUT2D eigenvalue weighted by Crippen LogP contribution is -2.07. The fourth-order valence-corrected chi connectivity index (χ4v) is 0. The maximum atomic E-state index is 7.17. The van der Waals surface area contributed by atoms with Gasteiger partial charge in [-0.05, 0) is 0 Å². The van der Waals surface area contributed by atoms with Crippen LogP contribution in [0.5, 0.6) is 0 Å². The molecule has 0 aliphatic carbocycles. The van der Waals surface area contributed by atoms with E-state index in [1.54, 1.807) is 0 Å². The van der Waals surface area contributed by atoms with E-state index in [-0.39, 0.29) is 5.48 Å². The molecule has 0 aromatic rings. The Morgan fingerprint density at radius 2 is 0.294 bits per heavy atom. The first kappa shape index (κ1) is 30.1. The van der Waals surface area contributed by atoms with Gasteiger partial charge in [-0.2, -0.15) is 0 Å². The maximum absolute atomic E-state index is 7.17. The first-order valence-electron chi connectivity index (χ1n) is 3.10. The highest BCUT2D eigenvalue weighted by molar-refractivity contribution is 6.31. The van der Waals surface area contributed by atoms with Crippen LogP contribution in [-0.4, -0.2) is 95.0 Å². The van der Waals surface area contributed by atoms with Gasteiger partial charge in [0.05, 0.1) is 0 Å². The van der Waals surface area contributed by atoms with Gasteiger partial charge in [0.2, 0.25) is 0 Å². The summed E-state index contributed by atoms with van der Waals surface area (Å²) in [6, 6.07) is 0. The molecule has 0 aliphatic rings. The van der Waals surface area contributed by atoms with Crippen molar-refractivity contribution >= 4 is 29.3 Å². The number of rotatable bonds is 0. The summed E-state index contributed by atoms with van der Waals surface area (Å²) < 4.78 is 0. The summed E-state index contributed by atoms with van der Waals surface area (Å²) in [7, 11) is -8.67. The van der Waals surface area contributed by atoms with Crippen LogP contribution in [-0.2, 0) is 0 Å². The van der Waals surface area contributed by atoms with Crippen LogP contribution < -0.4 is 0 Å². The fraction of sp³-hybridized carbons (Fsp3) is 0. The highest BCUT2D eigenvalue weighted by Gasteiger charge is 1.93. The zero-order valence-electron chi connectivity index (χ0n) is 8.18. The lowest BCUT2D eigenvalue weighted by atomic mass is 10.3. The van der Waals surface area contributed by atoms with Crippen LogP contribution in [0.2, 0.25) is 0 Å². The third kappa shape index (κ3) is 43900. The van der Waals surface area contributed by atoms with E-state index in [1.807, 2.05) is 0 Å². The molecular formula is H14B4O13. The Hall–Kier alpha value is -0.260. The normalized spacial score (nSPS) is 6.35. The maximum Gasteiger partial charge on any atom is 0.631 e. The van der Waals surface area contributed by atoms with Gasteiger partial charge in [0.25, 0.3) is 0 Å². The summed E-state index contributed by atoms with van der Waals surface area (Å²) in [6.07, 6.45) is 0. The van der Waals surface area contributed by atoms with Gasteiger partial charge in [0.15, 0.2) is 0 Å². The van der Waals surface area contributed by atoms with Crippen molar-refractivity contribution in [1.29, 1.82) is 0 Å². The fourth-order valence-electron chi connectivity index (χ4n) is 0. The summed E-state index contributed by atoms with van der Waals surface area (Å²) in [6.45, 7) is 0. The summed E-state index contributed by atoms with van der Waals surface area (Å²) in [5.74, 6) is 0. The summed E-state index contributed by atoms with van der Waals surface area (Å²) in [5.41, 5.74) is 0. The van der Waals surface area contributed by atoms with Crippen LogP contribution >= 0.6 is 0 Å². The monoisotopic (exact) mass is 266 g/mol. The predicted octanol–water partition coefficient (Wildman–Crippen LogP) is -9.03. The second kappa shape index (κ2) is 24.8. The molecule has 0 atom stereocenters. The molecule has 0 aromatic carbocycles. The third-order valence-electron chi connectivity index (χ3n) is 0. The van der Waals surface area contributed by atoms with Crippen molar-refractivity contribution in [2.75, 3.05) is 0 Å². The van der Waals surface area contributed by atoms with Gasteiger partial charge in [0.1, 0.15) is 0 Å². The van der Waals surface area contributed by atoms with Gasteiger partial charge in [-0.1, -0.05) is 0 Å². The van der Waals surface area contributed by atoms with E-state index in [0.29, 0.717) is 0 Å². The smallest absolute Gasteiger partial charge is 0.412 e. The first-order chi connectivity index (χ1) is 6.93. The molecule has 0 radical (unpaired) electrons. The molecule has 14 N–H and O–H groups in total. The highest BCUT2D eigenvalue weighted by Crippen LogP contribution is 1.41. The topological polar surface area (TPSA) is 274 Å². The van der Waals surface area contributed by atoms with Crippen molar-refractivity contribution in [3.63, 3.8) is 0 Å². The van der Waals surface area contributed by atoms with Crippen molar-refractivity contribution < 1.29 is 65.8 Å². The molecule has 17 heavy (non-hydrogen) atoms. The average molecular weight is 265 g/mol. The zero-order valence-corrected chi connectivity index (χ0v) is 8.18. The zero-order chi connectivity index (χ0) is 14.3. The molecule has 0 fully saturated rings. The number of hydrogen-bond acceptors (Lipinski definition) is 12. The lowest BCUT2D eigenvalue weighted by molar-refractivity contribution is 0.276. The second-order valence-electron chi connectivity index (χ2n) is 1.39. The first-order valence-corrected chi connectivity index (χ1v) is 3.10. The molecule has 0 aliphatic heterocycles. The van der Waals surface area contributed by atoms with Gasteiger partial charge in [0, 0.05) is 0 Å². The molecule has 0 rings (SSSR count). The molecule has 0 unspecified atom stereocenters. The van der Waals surface area contributed by atoms with Crippen molar-refractivity contribution in [2.45, 2.75) is 0 Å². The number of hydrogen-bond donors (Lipinski definition) is 12. The molecule has 0 spiro atoms. The Balaban J connectivity index is -0.0000000369. The summed E-state index contributed by atoms with van der Waals surface area (Å²) in [4.78, 5) is 0. The standard InChI is InChI=1S/4BH3O3.H2O/c4*2-1(3)4;/h4*2-4H;1H2. The molecule has 0 heterocycles. The van der Waals surface area contributed by atoms with Gasteiger partial charge >= 0.3 is 29.3 Å². The van der Waals surface area contributed by atoms with Gasteiger partial charge < -0.3 is 65.8 Å². The van der Waals surface area contributed by atoms with Crippen molar-refractivity contribution in [3.05, 3.63) is 0 Å². The average Bonchev–Trinajstić information content (AvgIpc) is 1.76. The van der Waals surface area contributed by atoms with Crippen LogP contribution in [0.3, 0.4) is 0 Å². The Morgan fingerprint density at radius 1 is 0.294 bits per heavy atom. The molecule has 104 valence electrons. The molecule has 0 saturated heterocycles. The Labute approximate surface area is 96.1 Å². The Morgan fingerprint density at radius 3 is 0.294 bits per heavy atom. The van der Waals surface area contributed by atoms with Crippen LogP contribution in [0, 0.1) is 0 Å². The predicted molar refractivity (Wildman–Crippen MR) is 53.3 cm³/mol. The Bertz CT molecular complexity index is 56.4. The van der Waals surface area contributed by atoms with Crippen LogP contribution in [0.4, 0.5) is 0 Å². The van der Waals surface area contributed by atoms with Crippen LogP contribution in [0.1, 0.15) is 0 Å². The van der Waals surface area contributed by atoms with Gasteiger partial charge in [-0.15, -0.1) is 0 Å². The largest absolute Gasteiger partial charge is 0.631 e. The van der Waals surface area contributed by atoms with E-state index in [2.05, 4.69) is 0 Å². The lowest BCUT2D eigenvalue weighted by Gasteiger charge is -1.69. The minimum absolute atomic E-state index is 0. The molecule has 17 heteroatoms.